The monoisotopic (exact) mass is 218 g/mol. The molecule has 2 atom stereocenters. The van der Waals surface area contributed by atoms with Crippen LogP contribution in [0.3, 0.4) is 0 Å². The van der Waals surface area contributed by atoms with E-state index in [-0.39, 0.29) is 12.6 Å². The van der Waals surface area contributed by atoms with Gasteiger partial charge in [0.05, 0.1) is 13.2 Å². The zero-order chi connectivity index (χ0) is 11.8. The lowest BCUT2D eigenvalue weighted by molar-refractivity contribution is -0.142. The van der Waals surface area contributed by atoms with Crippen LogP contribution in [0.15, 0.2) is 0 Å². The zero-order valence-electron chi connectivity index (χ0n) is 8.99. The number of hydrogen-bond donors (Lipinski definition) is 4. The van der Waals surface area contributed by atoms with E-state index < -0.39 is 24.5 Å². The molecule has 0 radical (unpaired) electrons. The number of rotatable bonds is 7. The van der Waals surface area contributed by atoms with Crippen molar-refractivity contribution in [1.82, 2.24) is 10.6 Å². The van der Waals surface area contributed by atoms with Gasteiger partial charge in [-0.3, -0.25) is 4.79 Å². The molecule has 0 aromatic heterocycles. The van der Waals surface area contributed by atoms with Gasteiger partial charge in [0.15, 0.2) is 0 Å². The minimum Gasteiger partial charge on any atom is -0.480 e. The molecule has 15 heavy (non-hydrogen) atoms. The SMILES string of the molecule is CCC(C)NCC(=O)N[C@@H](CO)C(=O)O. The van der Waals surface area contributed by atoms with Crippen LogP contribution in [0.1, 0.15) is 20.3 Å². The molecule has 0 bridgehead atoms. The molecule has 1 unspecified atom stereocenters. The van der Waals surface area contributed by atoms with Crippen molar-refractivity contribution in [1.29, 1.82) is 0 Å². The van der Waals surface area contributed by atoms with E-state index in [2.05, 4.69) is 10.6 Å². The zero-order valence-corrected chi connectivity index (χ0v) is 8.99. The third-order valence-corrected chi connectivity index (χ3v) is 2.04. The molecular formula is C9H18N2O4. The van der Waals surface area contributed by atoms with Gasteiger partial charge in [0.1, 0.15) is 6.04 Å². The predicted molar refractivity (Wildman–Crippen MR) is 54.4 cm³/mol. The van der Waals surface area contributed by atoms with Crippen LogP contribution in [0.5, 0.6) is 0 Å². The number of carboxylic acids is 1. The van der Waals surface area contributed by atoms with E-state index in [1.807, 2.05) is 13.8 Å². The lowest BCUT2D eigenvalue weighted by atomic mass is 10.2. The van der Waals surface area contributed by atoms with E-state index in [1.54, 1.807) is 0 Å². The molecular weight excluding hydrogens is 200 g/mol. The Labute approximate surface area is 88.7 Å². The number of carbonyl (C=O) groups is 2. The number of hydrogen-bond acceptors (Lipinski definition) is 4. The Morgan fingerprint density at radius 2 is 2.00 bits per heavy atom. The summed E-state index contributed by atoms with van der Waals surface area (Å²) in [5.41, 5.74) is 0. The summed E-state index contributed by atoms with van der Waals surface area (Å²) in [6.07, 6.45) is 0.885. The van der Waals surface area contributed by atoms with Crippen molar-refractivity contribution in [3.05, 3.63) is 0 Å². The van der Waals surface area contributed by atoms with E-state index >= 15 is 0 Å². The Bertz CT molecular complexity index is 220. The summed E-state index contributed by atoms with van der Waals surface area (Å²) in [6, 6.07) is -1.02. The van der Waals surface area contributed by atoms with Crippen molar-refractivity contribution in [2.75, 3.05) is 13.2 Å². The molecule has 0 aliphatic rings. The lowest BCUT2D eigenvalue weighted by Gasteiger charge is -2.14. The lowest BCUT2D eigenvalue weighted by Crippen LogP contribution is -2.47. The number of amides is 1. The first-order valence-corrected chi connectivity index (χ1v) is 4.87. The van der Waals surface area contributed by atoms with Gasteiger partial charge in [0.25, 0.3) is 0 Å². The number of aliphatic hydroxyl groups is 1. The number of nitrogens with one attached hydrogen (secondary N) is 2. The van der Waals surface area contributed by atoms with E-state index in [0.29, 0.717) is 0 Å². The second-order valence-electron chi connectivity index (χ2n) is 3.33. The average Bonchev–Trinajstić information content (AvgIpc) is 2.21. The molecule has 6 heteroatoms. The fourth-order valence-corrected chi connectivity index (χ4v) is 0.842. The largest absolute Gasteiger partial charge is 0.480 e. The molecule has 88 valence electrons. The van der Waals surface area contributed by atoms with Crippen molar-refractivity contribution in [3.8, 4) is 0 Å². The van der Waals surface area contributed by atoms with Crippen LogP contribution < -0.4 is 10.6 Å². The summed E-state index contributed by atoms with van der Waals surface area (Å²) < 4.78 is 0. The fraction of sp³-hybridized carbons (Fsp3) is 0.778. The van der Waals surface area contributed by atoms with Crippen LogP contribution in [0.25, 0.3) is 0 Å². The summed E-state index contributed by atoms with van der Waals surface area (Å²) in [5.74, 6) is -1.67. The van der Waals surface area contributed by atoms with Gasteiger partial charge in [0.2, 0.25) is 5.91 Å². The molecule has 0 spiro atoms. The van der Waals surface area contributed by atoms with Crippen molar-refractivity contribution >= 4 is 11.9 Å². The first kappa shape index (κ1) is 13.9. The van der Waals surface area contributed by atoms with E-state index in [9.17, 15) is 9.59 Å². The van der Waals surface area contributed by atoms with E-state index in [1.165, 1.54) is 0 Å². The molecule has 0 heterocycles. The Morgan fingerprint density at radius 3 is 2.40 bits per heavy atom. The molecule has 0 aliphatic heterocycles. The quantitative estimate of drug-likeness (QED) is 0.436. The molecule has 0 saturated heterocycles. The van der Waals surface area contributed by atoms with Crippen LogP contribution in [0.4, 0.5) is 0 Å². The third-order valence-electron chi connectivity index (χ3n) is 2.04. The first-order chi connectivity index (χ1) is 7.01. The number of carboxylic acid groups (broad SMARTS) is 1. The Kier molecular flexibility index (Phi) is 6.64. The highest BCUT2D eigenvalue weighted by atomic mass is 16.4. The van der Waals surface area contributed by atoms with Gasteiger partial charge in [-0.05, 0) is 13.3 Å². The molecule has 0 saturated carbocycles. The van der Waals surface area contributed by atoms with Crippen LogP contribution in [0.2, 0.25) is 0 Å². The minimum absolute atomic E-state index is 0.0544. The summed E-state index contributed by atoms with van der Waals surface area (Å²) in [7, 11) is 0. The number of aliphatic hydroxyl groups excluding tert-OH is 1. The van der Waals surface area contributed by atoms with Crippen LogP contribution in [0, 0.1) is 0 Å². The Morgan fingerprint density at radius 1 is 1.40 bits per heavy atom. The van der Waals surface area contributed by atoms with Gasteiger partial charge in [-0.1, -0.05) is 6.92 Å². The van der Waals surface area contributed by atoms with Gasteiger partial charge in [-0.25, -0.2) is 4.79 Å². The van der Waals surface area contributed by atoms with Crippen LogP contribution in [-0.2, 0) is 9.59 Å². The Balaban J connectivity index is 3.86. The van der Waals surface area contributed by atoms with Crippen molar-refractivity contribution in [2.24, 2.45) is 0 Å². The fourth-order valence-electron chi connectivity index (χ4n) is 0.842. The molecule has 0 aromatic rings. The summed E-state index contributed by atoms with van der Waals surface area (Å²) >= 11 is 0. The maximum atomic E-state index is 11.2. The van der Waals surface area contributed by atoms with Crippen LogP contribution >= 0.6 is 0 Å². The van der Waals surface area contributed by atoms with Gasteiger partial charge in [-0.2, -0.15) is 0 Å². The maximum Gasteiger partial charge on any atom is 0.328 e. The molecule has 0 aliphatic carbocycles. The standard InChI is InChI=1S/C9H18N2O4/c1-3-6(2)10-4-8(13)11-7(5-12)9(14)15/h6-7,10,12H,3-5H2,1-2H3,(H,11,13)(H,14,15)/t6?,7-/m0/s1. The van der Waals surface area contributed by atoms with Gasteiger partial charge in [0, 0.05) is 6.04 Å². The highest BCUT2D eigenvalue weighted by Crippen LogP contribution is 1.87. The number of carbonyl (C=O) groups excluding carboxylic acids is 1. The van der Waals surface area contributed by atoms with E-state index in [4.69, 9.17) is 10.2 Å². The van der Waals surface area contributed by atoms with Gasteiger partial charge in [-0.15, -0.1) is 0 Å². The Hall–Kier alpha value is -1.14. The first-order valence-electron chi connectivity index (χ1n) is 4.87. The van der Waals surface area contributed by atoms with E-state index in [0.717, 1.165) is 6.42 Å². The molecule has 4 N–H and O–H groups in total. The highest BCUT2D eigenvalue weighted by Gasteiger charge is 2.18. The second kappa shape index (κ2) is 7.19. The van der Waals surface area contributed by atoms with Crippen LogP contribution in [-0.4, -0.2) is 47.3 Å². The third kappa shape index (κ3) is 6.03. The molecule has 6 nitrogen and oxygen atoms in total. The maximum absolute atomic E-state index is 11.2. The topological polar surface area (TPSA) is 98.7 Å². The highest BCUT2D eigenvalue weighted by molar-refractivity contribution is 5.84. The average molecular weight is 218 g/mol. The van der Waals surface area contributed by atoms with Gasteiger partial charge < -0.3 is 20.8 Å². The molecule has 0 fully saturated rings. The molecule has 0 aromatic carbocycles. The minimum atomic E-state index is -1.24. The van der Waals surface area contributed by atoms with Gasteiger partial charge >= 0.3 is 5.97 Å². The van der Waals surface area contributed by atoms with Crippen molar-refractivity contribution in [3.63, 3.8) is 0 Å². The van der Waals surface area contributed by atoms with Crippen molar-refractivity contribution < 1.29 is 19.8 Å². The summed E-state index contributed by atoms with van der Waals surface area (Å²) in [6.45, 7) is 3.35. The predicted octanol–water partition coefficient (Wildman–Crippen LogP) is -1.06. The summed E-state index contributed by atoms with van der Waals surface area (Å²) in [4.78, 5) is 21.7. The number of aliphatic carboxylic acids is 1. The normalized spacial score (nSPS) is 14.3. The smallest absolute Gasteiger partial charge is 0.328 e. The van der Waals surface area contributed by atoms with Crippen molar-refractivity contribution in [2.45, 2.75) is 32.4 Å². The second-order valence-corrected chi connectivity index (χ2v) is 3.33. The molecule has 0 rings (SSSR count). The molecule has 1 amide bonds. The summed E-state index contributed by atoms with van der Waals surface area (Å²) in [5, 5.41) is 22.3.